The van der Waals surface area contributed by atoms with Crippen LogP contribution in [0.2, 0.25) is 0 Å². The van der Waals surface area contributed by atoms with Crippen LogP contribution in [0.3, 0.4) is 0 Å². The Morgan fingerprint density at radius 2 is 1.91 bits per heavy atom. The number of thiol groups is 1. The van der Waals surface area contributed by atoms with E-state index in [0.717, 1.165) is 10.5 Å². The Morgan fingerprint density at radius 3 is 2.45 bits per heavy atom. The van der Waals surface area contributed by atoms with Gasteiger partial charge in [-0.3, -0.25) is 0 Å². The van der Waals surface area contributed by atoms with Crippen molar-refractivity contribution in [3.63, 3.8) is 0 Å². The van der Waals surface area contributed by atoms with Gasteiger partial charge in [0.25, 0.3) is 0 Å². The molecule has 0 bridgehead atoms. The summed E-state index contributed by atoms with van der Waals surface area (Å²) in [5, 5.41) is 8.39. The van der Waals surface area contributed by atoms with Gasteiger partial charge in [-0.25, -0.2) is 0 Å². The molecule has 56 valence electrons. The fourth-order valence-corrected chi connectivity index (χ4v) is 0.835. The van der Waals surface area contributed by atoms with Crippen LogP contribution >= 0.6 is 12.6 Å². The topological polar surface area (TPSA) is 20.2 Å². The molecule has 1 nitrogen and oxygen atoms in total. The molecule has 0 aromatic heterocycles. The third kappa shape index (κ3) is 2.67. The van der Waals surface area contributed by atoms with E-state index in [0.29, 0.717) is 0 Å². The molecule has 0 heterocycles. The fourth-order valence-electron chi connectivity index (χ4n) is 0.686. The van der Waals surface area contributed by atoms with Gasteiger partial charge in [0.1, 0.15) is 6.61 Å². The van der Waals surface area contributed by atoms with E-state index in [4.69, 9.17) is 5.11 Å². The van der Waals surface area contributed by atoms with E-state index < -0.39 is 0 Å². The van der Waals surface area contributed by atoms with Crippen LogP contribution < -0.4 is 0 Å². The molecule has 0 saturated heterocycles. The summed E-state index contributed by atoms with van der Waals surface area (Å²) < 4.78 is 0. The number of aliphatic hydroxyl groups is 1. The molecule has 0 aliphatic rings. The van der Waals surface area contributed by atoms with Crippen LogP contribution in [-0.4, -0.2) is 11.7 Å². The molecule has 1 aromatic carbocycles. The maximum atomic E-state index is 8.39. The summed E-state index contributed by atoms with van der Waals surface area (Å²) in [5.41, 5.74) is 0.900. The van der Waals surface area contributed by atoms with Crippen molar-refractivity contribution < 1.29 is 5.11 Å². The average Bonchev–Trinajstić information content (AvgIpc) is 2.04. The SMILES string of the molecule is OCC#Cc1ccc(S)cc1. The predicted octanol–water partition coefficient (Wildman–Crippen LogP) is 1.32. The van der Waals surface area contributed by atoms with Gasteiger partial charge in [0.2, 0.25) is 0 Å². The standard InChI is InChI=1S/C9H8OS/c10-7-1-2-8-3-5-9(11)6-4-8/h3-6,10-11H,7H2. The largest absolute Gasteiger partial charge is 0.384 e. The molecule has 0 aliphatic carbocycles. The summed E-state index contributed by atoms with van der Waals surface area (Å²) in [6.07, 6.45) is 0. The normalized spacial score (nSPS) is 8.55. The van der Waals surface area contributed by atoms with E-state index in [2.05, 4.69) is 24.5 Å². The van der Waals surface area contributed by atoms with E-state index in [1.54, 1.807) is 0 Å². The second kappa shape index (κ2) is 4.07. The molecule has 0 atom stereocenters. The van der Waals surface area contributed by atoms with E-state index in [1.165, 1.54) is 0 Å². The molecule has 1 aromatic rings. The molecule has 11 heavy (non-hydrogen) atoms. The molecule has 0 unspecified atom stereocenters. The van der Waals surface area contributed by atoms with Gasteiger partial charge in [-0.2, -0.15) is 0 Å². The van der Waals surface area contributed by atoms with Crippen molar-refractivity contribution in [1.29, 1.82) is 0 Å². The minimum absolute atomic E-state index is 0.0946. The minimum atomic E-state index is -0.0946. The van der Waals surface area contributed by atoms with Crippen LogP contribution in [0.5, 0.6) is 0 Å². The zero-order chi connectivity index (χ0) is 8.10. The lowest BCUT2D eigenvalue weighted by atomic mass is 10.2. The Morgan fingerprint density at radius 1 is 1.27 bits per heavy atom. The van der Waals surface area contributed by atoms with Crippen molar-refractivity contribution in [3.05, 3.63) is 29.8 Å². The highest BCUT2D eigenvalue weighted by Crippen LogP contribution is 2.05. The summed E-state index contributed by atoms with van der Waals surface area (Å²) >= 11 is 4.13. The Labute approximate surface area is 71.5 Å². The average molecular weight is 164 g/mol. The second-order valence-electron chi connectivity index (χ2n) is 2.01. The Kier molecular flexibility index (Phi) is 3.03. The third-order valence-electron chi connectivity index (χ3n) is 1.18. The van der Waals surface area contributed by atoms with E-state index >= 15 is 0 Å². The van der Waals surface area contributed by atoms with Gasteiger partial charge in [0, 0.05) is 10.5 Å². The van der Waals surface area contributed by atoms with E-state index in [-0.39, 0.29) is 6.61 Å². The second-order valence-corrected chi connectivity index (χ2v) is 2.52. The number of hydrogen-bond acceptors (Lipinski definition) is 2. The monoisotopic (exact) mass is 164 g/mol. The van der Waals surface area contributed by atoms with Crippen LogP contribution in [0.25, 0.3) is 0 Å². The maximum absolute atomic E-state index is 8.39. The van der Waals surface area contributed by atoms with Crippen molar-refractivity contribution in [1.82, 2.24) is 0 Å². The van der Waals surface area contributed by atoms with Crippen molar-refractivity contribution in [2.75, 3.05) is 6.61 Å². The van der Waals surface area contributed by atoms with Crippen LogP contribution in [0.1, 0.15) is 5.56 Å². The van der Waals surface area contributed by atoms with E-state index in [1.807, 2.05) is 24.3 Å². The molecule has 0 spiro atoms. The van der Waals surface area contributed by atoms with E-state index in [9.17, 15) is 0 Å². The molecule has 0 aliphatic heterocycles. The molecule has 0 radical (unpaired) electrons. The van der Waals surface area contributed by atoms with Crippen LogP contribution in [0.15, 0.2) is 29.2 Å². The lowest BCUT2D eigenvalue weighted by Gasteiger charge is -1.89. The first-order valence-electron chi connectivity index (χ1n) is 3.21. The van der Waals surface area contributed by atoms with Gasteiger partial charge in [0.05, 0.1) is 0 Å². The van der Waals surface area contributed by atoms with Crippen molar-refractivity contribution in [2.45, 2.75) is 4.90 Å². The summed E-state index contributed by atoms with van der Waals surface area (Å²) in [6.45, 7) is -0.0946. The van der Waals surface area contributed by atoms with Gasteiger partial charge >= 0.3 is 0 Å². The Balaban J connectivity index is 2.82. The number of hydrogen-bond donors (Lipinski definition) is 2. The number of rotatable bonds is 0. The van der Waals surface area contributed by atoms with Gasteiger partial charge in [0.15, 0.2) is 0 Å². The minimum Gasteiger partial charge on any atom is -0.384 e. The summed E-state index contributed by atoms with van der Waals surface area (Å²) in [6, 6.07) is 7.46. The Hall–Kier alpha value is -0.910. The highest BCUT2D eigenvalue weighted by Gasteiger charge is 1.84. The van der Waals surface area contributed by atoms with Gasteiger partial charge in [-0.05, 0) is 24.3 Å². The molecule has 0 fully saturated rings. The Bertz CT molecular complexity index is 279. The number of aliphatic hydroxyl groups excluding tert-OH is 1. The van der Waals surface area contributed by atoms with Crippen LogP contribution in [-0.2, 0) is 0 Å². The van der Waals surface area contributed by atoms with Crippen LogP contribution in [0, 0.1) is 11.8 Å². The van der Waals surface area contributed by atoms with Gasteiger partial charge < -0.3 is 5.11 Å². The number of benzene rings is 1. The first kappa shape index (κ1) is 8.19. The first-order valence-corrected chi connectivity index (χ1v) is 3.66. The molecular weight excluding hydrogens is 156 g/mol. The lowest BCUT2D eigenvalue weighted by Crippen LogP contribution is -1.75. The van der Waals surface area contributed by atoms with Crippen LogP contribution in [0.4, 0.5) is 0 Å². The smallest absolute Gasteiger partial charge is 0.104 e. The maximum Gasteiger partial charge on any atom is 0.104 e. The van der Waals surface area contributed by atoms with Crippen molar-refractivity contribution in [2.24, 2.45) is 0 Å². The molecule has 1 N–H and O–H groups in total. The lowest BCUT2D eigenvalue weighted by molar-refractivity contribution is 0.350. The summed E-state index contributed by atoms with van der Waals surface area (Å²) in [7, 11) is 0. The molecule has 2 heteroatoms. The fraction of sp³-hybridized carbons (Fsp3) is 0.111. The highest BCUT2D eigenvalue weighted by atomic mass is 32.1. The zero-order valence-corrected chi connectivity index (χ0v) is 6.81. The summed E-state index contributed by atoms with van der Waals surface area (Å²) in [4.78, 5) is 0.916. The third-order valence-corrected chi connectivity index (χ3v) is 1.48. The predicted molar refractivity (Wildman–Crippen MR) is 47.7 cm³/mol. The van der Waals surface area contributed by atoms with Crippen molar-refractivity contribution in [3.8, 4) is 11.8 Å². The van der Waals surface area contributed by atoms with Gasteiger partial charge in [-0.1, -0.05) is 11.8 Å². The first-order chi connectivity index (χ1) is 5.33. The summed E-state index contributed by atoms with van der Waals surface area (Å²) in [5.74, 6) is 5.35. The molecule has 0 saturated carbocycles. The zero-order valence-electron chi connectivity index (χ0n) is 5.91. The highest BCUT2D eigenvalue weighted by molar-refractivity contribution is 7.80. The van der Waals surface area contributed by atoms with Crippen molar-refractivity contribution >= 4 is 12.6 Å². The van der Waals surface area contributed by atoms with Gasteiger partial charge in [-0.15, -0.1) is 12.6 Å². The molecule has 0 amide bonds. The molecular formula is C9H8OS. The molecule has 1 rings (SSSR count). The quantitative estimate of drug-likeness (QED) is 0.437.